The van der Waals surface area contributed by atoms with Gasteiger partial charge in [0.05, 0.1) is 0 Å². The molecule has 0 saturated carbocycles. The van der Waals surface area contributed by atoms with E-state index < -0.39 is 0 Å². The Morgan fingerprint density at radius 2 is 1.20 bits per heavy atom. The van der Waals surface area contributed by atoms with Crippen molar-refractivity contribution in [2.75, 3.05) is 11.1 Å². The van der Waals surface area contributed by atoms with Gasteiger partial charge in [-0.05, 0) is 24.3 Å². The van der Waals surface area contributed by atoms with E-state index >= 15 is 0 Å². The maximum Gasteiger partial charge on any atom is 0.0464 e. The van der Waals surface area contributed by atoms with E-state index in [4.69, 9.17) is 5.73 Å². The molecule has 0 radical (unpaired) electrons. The lowest BCUT2D eigenvalue weighted by atomic mass is 10.0. The molecule has 3 aromatic carbocycles. The van der Waals surface area contributed by atoms with Crippen molar-refractivity contribution >= 4 is 17.1 Å². The molecule has 20 heavy (non-hydrogen) atoms. The Morgan fingerprint density at radius 3 is 1.95 bits per heavy atom. The average Bonchev–Trinajstić information content (AvgIpc) is 2.50. The van der Waals surface area contributed by atoms with Crippen LogP contribution in [0.25, 0.3) is 11.1 Å². The molecule has 0 heterocycles. The van der Waals surface area contributed by atoms with E-state index in [2.05, 4.69) is 17.4 Å². The Kier molecular flexibility index (Phi) is 3.38. The number of rotatable bonds is 3. The van der Waals surface area contributed by atoms with Gasteiger partial charge >= 0.3 is 0 Å². The minimum absolute atomic E-state index is 0.787. The van der Waals surface area contributed by atoms with Crippen LogP contribution in [0.3, 0.4) is 0 Å². The fourth-order valence-electron chi connectivity index (χ4n) is 2.25. The topological polar surface area (TPSA) is 38.0 Å². The lowest BCUT2D eigenvalue weighted by Crippen LogP contribution is -1.95. The minimum Gasteiger partial charge on any atom is -0.398 e. The summed E-state index contributed by atoms with van der Waals surface area (Å²) >= 11 is 0. The molecule has 0 unspecified atom stereocenters. The highest BCUT2D eigenvalue weighted by atomic mass is 14.9. The highest BCUT2D eigenvalue weighted by Crippen LogP contribution is 2.33. The number of para-hydroxylation sites is 3. The quantitative estimate of drug-likeness (QED) is 0.671. The normalized spacial score (nSPS) is 10.2. The van der Waals surface area contributed by atoms with Gasteiger partial charge in [-0.15, -0.1) is 0 Å². The molecular formula is C18H16N2. The Morgan fingerprint density at radius 1 is 0.600 bits per heavy atom. The molecule has 3 N–H and O–H groups in total. The summed E-state index contributed by atoms with van der Waals surface area (Å²) in [5, 5.41) is 3.44. The monoisotopic (exact) mass is 260 g/mol. The first-order chi connectivity index (χ1) is 9.84. The molecule has 2 nitrogen and oxygen atoms in total. The molecule has 0 bridgehead atoms. The molecule has 0 aliphatic rings. The summed E-state index contributed by atoms with van der Waals surface area (Å²) in [6.07, 6.45) is 0. The van der Waals surface area contributed by atoms with E-state index in [-0.39, 0.29) is 0 Å². The molecule has 0 aliphatic heterocycles. The number of nitrogen functional groups attached to an aromatic ring is 1. The van der Waals surface area contributed by atoms with Gasteiger partial charge in [-0.3, -0.25) is 0 Å². The lowest BCUT2D eigenvalue weighted by molar-refractivity contribution is 1.53. The van der Waals surface area contributed by atoms with Crippen molar-refractivity contribution in [2.24, 2.45) is 0 Å². The highest BCUT2D eigenvalue weighted by Gasteiger charge is 2.07. The number of nitrogens with two attached hydrogens (primary N) is 1. The molecule has 2 heteroatoms. The van der Waals surface area contributed by atoms with Gasteiger partial charge in [0.2, 0.25) is 0 Å². The molecule has 0 aliphatic carbocycles. The minimum atomic E-state index is 0.787. The average molecular weight is 260 g/mol. The van der Waals surface area contributed by atoms with Gasteiger partial charge in [-0.25, -0.2) is 0 Å². The molecular weight excluding hydrogens is 244 g/mol. The summed E-state index contributed by atoms with van der Waals surface area (Å²) in [5.41, 5.74) is 11.1. The van der Waals surface area contributed by atoms with E-state index in [1.54, 1.807) is 0 Å². The molecule has 0 aromatic heterocycles. The van der Waals surface area contributed by atoms with Gasteiger partial charge in [0.25, 0.3) is 0 Å². The molecule has 0 amide bonds. The Hall–Kier alpha value is -2.74. The van der Waals surface area contributed by atoms with Crippen molar-refractivity contribution in [1.82, 2.24) is 0 Å². The maximum absolute atomic E-state index is 6.09. The van der Waals surface area contributed by atoms with Crippen LogP contribution in [0.5, 0.6) is 0 Å². The number of anilines is 3. The molecule has 0 saturated heterocycles. The molecule has 0 fully saturated rings. The van der Waals surface area contributed by atoms with Crippen molar-refractivity contribution < 1.29 is 0 Å². The van der Waals surface area contributed by atoms with E-state index in [9.17, 15) is 0 Å². The van der Waals surface area contributed by atoms with Crippen LogP contribution in [0.4, 0.5) is 17.1 Å². The maximum atomic E-state index is 6.09. The predicted octanol–water partition coefficient (Wildman–Crippen LogP) is 4.68. The Labute approximate surface area is 118 Å². The van der Waals surface area contributed by atoms with Gasteiger partial charge in [-0.1, -0.05) is 54.6 Å². The summed E-state index contributed by atoms with van der Waals surface area (Å²) in [6, 6.07) is 26.2. The third-order valence-electron chi connectivity index (χ3n) is 3.23. The zero-order chi connectivity index (χ0) is 13.8. The van der Waals surface area contributed by atoms with Crippen LogP contribution in [0.2, 0.25) is 0 Å². The second-order valence-electron chi connectivity index (χ2n) is 4.62. The van der Waals surface area contributed by atoms with Crippen molar-refractivity contribution in [3.63, 3.8) is 0 Å². The third-order valence-corrected chi connectivity index (χ3v) is 3.23. The second kappa shape index (κ2) is 5.49. The van der Waals surface area contributed by atoms with E-state index in [0.717, 1.165) is 28.2 Å². The van der Waals surface area contributed by atoms with Crippen molar-refractivity contribution in [3.05, 3.63) is 78.9 Å². The fraction of sp³-hybridized carbons (Fsp3) is 0. The van der Waals surface area contributed by atoms with Crippen LogP contribution in [-0.4, -0.2) is 0 Å². The summed E-state index contributed by atoms with van der Waals surface area (Å²) in [5.74, 6) is 0. The fourth-order valence-corrected chi connectivity index (χ4v) is 2.25. The second-order valence-corrected chi connectivity index (χ2v) is 4.62. The first-order valence-electron chi connectivity index (χ1n) is 6.60. The number of nitrogens with one attached hydrogen (secondary N) is 1. The van der Waals surface area contributed by atoms with Crippen LogP contribution in [0, 0.1) is 0 Å². The van der Waals surface area contributed by atoms with Gasteiger partial charge in [0.15, 0.2) is 0 Å². The van der Waals surface area contributed by atoms with E-state index in [1.807, 2.05) is 66.7 Å². The highest BCUT2D eigenvalue weighted by molar-refractivity contribution is 5.86. The summed E-state index contributed by atoms with van der Waals surface area (Å²) in [4.78, 5) is 0. The molecule has 3 rings (SSSR count). The van der Waals surface area contributed by atoms with Gasteiger partial charge in [0, 0.05) is 28.2 Å². The van der Waals surface area contributed by atoms with Crippen LogP contribution in [-0.2, 0) is 0 Å². The van der Waals surface area contributed by atoms with Gasteiger partial charge < -0.3 is 11.1 Å². The first kappa shape index (κ1) is 12.3. The largest absolute Gasteiger partial charge is 0.398 e. The van der Waals surface area contributed by atoms with Crippen LogP contribution >= 0.6 is 0 Å². The number of hydrogen-bond acceptors (Lipinski definition) is 2. The van der Waals surface area contributed by atoms with E-state index in [0.29, 0.717) is 0 Å². The number of hydrogen-bond donors (Lipinski definition) is 2. The zero-order valence-electron chi connectivity index (χ0n) is 11.1. The predicted molar refractivity (Wildman–Crippen MR) is 86.0 cm³/mol. The Bertz CT molecular complexity index is 705. The van der Waals surface area contributed by atoms with E-state index in [1.165, 1.54) is 0 Å². The SMILES string of the molecule is Nc1ccccc1-c1ccccc1Nc1ccccc1. The standard InChI is InChI=1S/C18H16N2/c19-17-12-6-4-10-15(17)16-11-5-7-13-18(16)20-14-8-2-1-3-9-14/h1-13,20H,19H2. The van der Waals surface area contributed by atoms with Crippen LogP contribution in [0.15, 0.2) is 78.9 Å². The Balaban J connectivity index is 2.03. The molecule has 0 spiro atoms. The first-order valence-corrected chi connectivity index (χ1v) is 6.60. The van der Waals surface area contributed by atoms with Crippen molar-refractivity contribution in [1.29, 1.82) is 0 Å². The summed E-state index contributed by atoms with van der Waals surface area (Å²) < 4.78 is 0. The third kappa shape index (κ3) is 2.50. The summed E-state index contributed by atoms with van der Waals surface area (Å²) in [6.45, 7) is 0. The lowest BCUT2D eigenvalue weighted by Gasteiger charge is -2.13. The van der Waals surface area contributed by atoms with Gasteiger partial charge in [0.1, 0.15) is 0 Å². The van der Waals surface area contributed by atoms with Crippen molar-refractivity contribution in [3.8, 4) is 11.1 Å². The number of benzene rings is 3. The van der Waals surface area contributed by atoms with Gasteiger partial charge in [-0.2, -0.15) is 0 Å². The van der Waals surface area contributed by atoms with Crippen molar-refractivity contribution in [2.45, 2.75) is 0 Å². The molecule has 98 valence electrons. The van der Waals surface area contributed by atoms with Crippen LogP contribution in [0.1, 0.15) is 0 Å². The zero-order valence-corrected chi connectivity index (χ0v) is 11.1. The molecule has 3 aromatic rings. The smallest absolute Gasteiger partial charge is 0.0464 e. The summed E-state index contributed by atoms with van der Waals surface area (Å²) in [7, 11) is 0. The van der Waals surface area contributed by atoms with Crippen LogP contribution < -0.4 is 11.1 Å². The molecule has 0 atom stereocenters.